The summed E-state index contributed by atoms with van der Waals surface area (Å²) in [6.45, 7) is 5.39. The maximum Gasteiger partial charge on any atom is 0.243 e. The number of methoxy groups -OCH3 is 1. The molecule has 2 atom stereocenters. The van der Waals surface area contributed by atoms with Crippen molar-refractivity contribution in [3.05, 3.63) is 29.8 Å². The Morgan fingerprint density at radius 3 is 2.19 bits per heavy atom. The van der Waals surface area contributed by atoms with Gasteiger partial charge < -0.3 is 26.1 Å². The zero-order valence-electron chi connectivity index (χ0n) is 18.5. The Hall–Kier alpha value is -3.23. The number of amides is 3. The number of ketones is 1. The first-order chi connectivity index (χ1) is 14.7. The second-order valence-corrected chi connectivity index (χ2v) is 7.66. The number of Topliss-reactive ketones (excluding diaryl/α,β-unsaturated/α-hetero) is 1. The molecule has 9 nitrogen and oxygen atoms in total. The van der Waals surface area contributed by atoms with E-state index in [1.165, 1.54) is 6.92 Å². The van der Waals surface area contributed by atoms with Gasteiger partial charge in [0.2, 0.25) is 17.7 Å². The maximum atomic E-state index is 12.7. The van der Waals surface area contributed by atoms with Crippen LogP contribution in [0.1, 0.15) is 45.6 Å². The van der Waals surface area contributed by atoms with E-state index in [4.69, 9.17) is 10.1 Å². The van der Waals surface area contributed by atoms with Crippen LogP contribution in [0.2, 0.25) is 0 Å². The molecule has 170 valence electrons. The standard InChI is InChI=1S/C22H32N4O5/c1-14(2)11-20(25-15(3)27)22(30)26-19(10-7-17(28)12-23)21(29)24-13-16-5-8-18(31-4)9-6-16/h5-6,8-9,12,14,19-20,23H,7,10-11,13H2,1-4H3,(H,24,29)(H,25,27)(H,26,30)/t19-,20-/m0/s1. The first kappa shape index (κ1) is 25.8. The van der Waals surface area contributed by atoms with Gasteiger partial charge >= 0.3 is 0 Å². The van der Waals surface area contributed by atoms with E-state index in [2.05, 4.69) is 16.0 Å². The van der Waals surface area contributed by atoms with E-state index in [-0.39, 0.29) is 31.2 Å². The zero-order chi connectivity index (χ0) is 23.4. The average molecular weight is 433 g/mol. The molecule has 0 spiro atoms. The molecule has 1 aromatic rings. The summed E-state index contributed by atoms with van der Waals surface area (Å²) in [6.07, 6.45) is 1.08. The van der Waals surface area contributed by atoms with Gasteiger partial charge in [0.15, 0.2) is 5.78 Å². The normalized spacial score (nSPS) is 12.4. The summed E-state index contributed by atoms with van der Waals surface area (Å²) in [4.78, 5) is 48.5. The van der Waals surface area contributed by atoms with Crippen molar-refractivity contribution in [1.82, 2.24) is 16.0 Å². The van der Waals surface area contributed by atoms with E-state index in [0.29, 0.717) is 18.4 Å². The number of carbonyl (C=O) groups excluding carboxylic acids is 4. The number of benzene rings is 1. The Balaban J connectivity index is 2.85. The van der Waals surface area contributed by atoms with Crippen molar-refractivity contribution in [2.75, 3.05) is 7.11 Å². The highest BCUT2D eigenvalue weighted by Crippen LogP contribution is 2.11. The molecule has 0 aliphatic heterocycles. The molecule has 0 heterocycles. The Bertz CT molecular complexity index is 777. The van der Waals surface area contributed by atoms with Gasteiger partial charge in [-0.25, -0.2) is 0 Å². The van der Waals surface area contributed by atoms with Crippen LogP contribution in [-0.4, -0.2) is 48.9 Å². The lowest BCUT2D eigenvalue weighted by Crippen LogP contribution is -2.53. The molecule has 1 rings (SSSR count). The van der Waals surface area contributed by atoms with Crippen molar-refractivity contribution < 1.29 is 23.9 Å². The Morgan fingerprint density at radius 2 is 1.68 bits per heavy atom. The quantitative estimate of drug-likeness (QED) is 0.349. The molecule has 0 saturated heterocycles. The Kier molecular flexibility index (Phi) is 10.9. The lowest BCUT2D eigenvalue weighted by atomic mass is 10.0. The number of hydrogen-bond acceptors (Lipinski definition) is 6. The van der Waals surface area contributed by atoms with E-state index >= 15 is 0 Å². The fourth-order valence-corrected chi connectivity index (χ4v) is 2.90. The summed E-state index contributed by atoms with van der Waals surface area (Å²) < 4.78 is 5.10. The van der Waals surface area contributed by atoms with Crippen molar-refractivity contribution in [1.29, 1.82) is 5.41 Å². The van der Waals surface area contributed by atoms with Crippen LogP contribution in [0.3, 0.4) is 0 Å². The molecule has 1 aromatic carbocycles. The molecular weight excluding hydrogens is 400 g/mol. The highest BCUT2D eigenvalue weighted by atomic mass is 16.5. The van der Waals surface area contributed by atoms with Gasteiger partial charge in [0.05, 0.1) is 13.3 Å². The van der Waals surface area contributed by atoms with Gasteiger partial charge in [-0.05, 0) is 36.5 Å². The van der Waals surface area contributed by atoms with Crippen molar-refractivity contribution in [2.45, 2.75) is 58.7 Å². The van der Waals surface area contributed by atoms with Crippen LogP contribution in [0.4, 0.5) is 0 Å². The molecule has 4 N–H and O–H groups in total. The summed E-state index contributed by atoms with van der Waals surface area (Å²) >= 11 is 0. The third-order valence-corrected chi connectivity index (χ3v) is 4.50. The fraction of sp³-hybridized carbons (Fsp3) is 0.500. The minimum atomic E-state index is -0.974. The third-order valence-electron chi connectivity index (χ3n) is 4.50. The zero-order valence-corrected chi connectivity index (χ0v) is 18.5. The fourth-order valence-electron chi connectivity index (χ4n) is 2.90. The molecule has 0 saturated carbocycles. The van der Waals surface area contributed by atoms with Crippen LogP contribution >= 0.6 is 0 Å². The van der Waals surface area contributed by atoms with Gasteiger partial charge in [-0.1, -0.05) is 26.0 Å². The van der Waals surface area contributed by atoms with Gasteiger partial charge in [0.1, 0.15) is 17.8 Å². The largest absolute Gasteiger partial charge is 0.497 e. The first-order valence-corrected chi connectivity index (χ1v) is 10.2. The second kappa shape index (κ2) is 13.1. The molecule has 0 fully saturated rings. The maximum absolute atomic E-state index is 12.7. The van der Waals surface area contributed by atoms with Crippen molar-refractivity contribution in [3.8, 4) is 5.75 Å². The molecule has 0 aromatic heterocycles. The van der Waals surface area contributed by atoms with E-state index < -0.39 is 29.7 Å². The summed E-state index contributed by atoms with van der Waals surface area (Å²) in [5.41, 5.74) is 0.839. The highest BCUT2D eigenvalue weighted by molar-refractivity contribution is 6.26. The van der Waals surface area contributed by atoms with Gasteiger partial charge in [-0.3, -0.25) is 19.2 Å². The summed E-state index contributed by atoms with van der Waals surface area (Å²) in [6, 6.07) is 5.40. The summed E-state index contributed by atoms with van der Waals surface area (Å²) in [5.74, 6) is -0.893. The number of carbonyl (C=O) groups is 4. The number of ether oxygens (including phenoxy) is 1. The van der Waals surface area contributed by atoms with Gasteiger partial charge in [-0.2, -0.15) is 0 Å². The SMILES string of the molecule is COc1ccc(CNC(=O)[C@H](CCC(=O)C=N)NC(=O)[C@H](CC(C)C)NC(C)=O)cc1. The molecular formula is C22H32N4O5. The molecule has 0 aliphatic carbocycles. The average Bonchev–Trinajstić information content (AvgIpc) is 2.73. The topological polar surface area (TPSA) is 137 Å². The van der Waals surface area contributed by atoms with E-state index in [0.717, 1.165) is 5.56 Å². The first-order valence-electron chi connectivity index (χ1n) is 10.2. The van der Waals surface area contributed by atoms with Gasteiger partial charge in [0, 0.05) is 19.9 Å². The van der Waals surface area contributed by atoms with Crippen molar-refractivity contribution >= 4 is 29.7 Å². The minimum absolute atomic E-state index is 0.0445. The van der Waals surface area contributed by atoms with Gasteiger partial charge in [-0.15, -0.1) is 0 Å². The molecule has 9 heteroatoms. The molecule has 0 unspecified atom stereocenters. The number of rotatable bonds is 13. The van der Waals surface area contributed by atoms with Crippen LogP contribution in [0.15, 0.2) is 24.3 Å². The minimum Gasteiger partial charge on any atom is -0.497 e. The summed E-state index contributed by atoms with van der Waals surface area (Å²) in [7, 11) is 1.56. The molecule has 0 aliphatic rings. The molecule has 0 radical (unpaired) electrons. The highest BCUT2D eigenvalue weighted by Gasteiger charge is 2.27. The lowest BCUT2D eigenvalue weighted by molar-refractivity contribution is -0.132. The molecule has 31 heavy (non-hydrogen) atoms. The van der Waals surface area contributed by atoms with Crippen LogP contribution < -0.4 is 20.7 Å². The Labute approximate surface area is 182 Å². The third kappa shape index (κ3) is 9.88. The van der Waals surface area contributed by atoms with E-state index in [9.17, 15) is 19.2 Å². The lowest BCUT2D eigenvalue weighted by Gasteiger charge is -2.23. The number of nitrogens with one attached hydrogen (secondary N) is 4. The van der Waals surface area contributed by atoms with Crippen molar-refractivity contribution in [2.24, 2.45) is 5.92 Å². The summed E-state index contributed by atoms with van der Waals surface area (Å²) in [5, 5.41) is 15.0. The van der Waals surface area contributed by atoms with Crippen LogP contribution in [0.25, 0.3) is 0 Å². The smallest absolute Gasteiger partial charge is 0.243 e. The monoisotopic (exact) mass is 432 g/mol. The number of hydrogen-bond donors (Lipinski definition) is 4. The predicted molar refractivity (Wildman–Crippen MR) is 117 cm³/mol. The Morgan fingerprint density at radius 1 is 1.03 bits per heavy atom. The molecule has 0 bridgehead atoms. The predicted octanol–water partition coefficient (Wildman–Crippen LogP) is 1.35. The van der Waals surface area contributed by atoms with Crippen LogP contribution in [-0.2, 0) is 25.7 Å². The van der Waals surface area contributed by atoms with Gasteiger partial charge in [0.25, 0.3) is 0 Å². The van der Waals surface area contributed by atoms with E-state index in [1.807, 2.05) is 13.8 Å². The molecule has 3 amide bonds. The van der Waals surface area contributed by atoms with Crippen LogP contribution in [0, 0.1) is 11.3 Å². The second-order valence-electron chi connectivity index (χ2n) is 7.66. The van der Waals surface area contributed by atoms with Crippen LogP contribution in [0.5, 0.6) is 5.75 Å². The van der Waals surface area contributed by atoms with E-state index in [1.54, 1.807) is 31.4 Å². The van der Waals surface area contributed by atoms with Crippen molar-refractivity contribution in [3.63, 3.8) is 0 Å².